The minimum absolute atomic E-state index is 0.0294. The molecule has 0 bridgehead atoms. The number of para-hydroxylation sites is 1. The number of aliphatic carboxylic acids is 1. The maximum absolute atomic E-state index is 12.3. The molecule has 0 radical (unpaired) electrons. The van der Waals surface area contributed by atoms with Crippen LogP contribution in [0.1, 0.15) is 26.3 Å². The molecule has 7 nitrogen and oxygen atoms in total. The summed E-state index contributed by atoms with van der Waals surface area (Å²) in [5.41, 5.74) is 1.97. The molecule has 4 rings (SSSR count). The summed E-state index contributed by atoms with van der Waals surface area (Å²) >= 11 is -2.56. The normalized spacial score (nSPS) is 13.7. The van der Waals surface area contributed by atoms with E-state index in [0.717, 1.165) is 15.1 Å². The number of carboxylic acid groups (broad SMARTS) is 1. The molecule has 1 heterocycles. The number of carboxylic acids is 1. The quantitative estimate of drug-likeness (QED) is 0.353. The van der Waals surface area contributed by atoms with Gasteiger partial charge in [0.05, 0.1) is 5.69 Å². The standard InChI is InChI=1S/C25H25NO6S/c1-25(2,3)32-18-11-8-16(9-12-18)14-21(24(27)28)26(33(29)30)17-10-13-23-20(15-17)19-6-4-5-7-22(19)31-23/h4-13,15,21H,14H2,1-3H3,(H,27,28)(H,29,30). The summed E-state index contributed by atoms with van der Waals surface area (Å²) in [4.78, 5) is 12.2. The van der Waals surface area contributed by atoms with Gasteiger partial charge in [-0.05, 0) is 62.7 Å². The van der Waals surface area contributed by atoms with E-state index in [-0.39, 0.29) is 12.0 Å². The van der Waals surface area contributed by atoms with Gasteiger partial charge in [0, 0.05) is 17.2 Å². The fourth-order valence-corrected chi connectivity index (χ4v) is 4.45. The van der Waals surface area contributed by atoms with Crippen molar-refractivity contribution in [3.05, 3.63) is 72.3 Å². The van der Waals surface area contributed by atoms with E-state index in [1.807, 2.05) is 45.0 Å². The van der Waals surface area contributed by atoms with Crippen LogP contribution in [-0.2, 0) is 22.5 Å². The first kappa shape index (κ1) is 22.8. The molecule has 4 aromatic rings. The Morgan fingerprint density at radius 2 is 1.70 bits per heavy atom. The van der Waals surface area contributed by atoms with Crippen LogP contribution in [0.25, 0.3) is 21.9 Å². The summed E-state index contributed by atoms with van der Waals surface area (Å²) in [6.07, 6.45) is 0.0294. The Morgan fingerprint density at radius 3 is 2.33 bits per heavy atom. The van der Waals surface area contributed by atoms with Gasteiger partial charge in [-0.25, -0.2) is 9.00 Å². The molecule has 0 aliphatic heterocycles. The molecule has 172 valence electrons. The molecule has 3 aromatic carbocycles. The van der Waals surface area contributed by atoms with Crippen molar-refractivity contribution < 1.29 is 27.8 Å². The predicted molar refractivity (Wildman–Crippen MR) is 129 cm³/mol. The van der Waals surface area contributed by atoms with E-state index in [0.29, 0.717) is 28.2 Å². The fraction of sp³-hybridized carbons (Fsp3) is 0.240. The smallest absolute Gasteiger partial charge is 0.327 e. The Bertz CT molecular complexity index is 1320. The van der Waals surface area contributed by atoms with E-state index < -0.39 is 23.3 Å². The molecule has 0 aliphatic carbocycles. The van der Waals surface area contributed by atoms with E-state index in [1.165, 1.54) is 0 Å². The Balaban J connectivity index is 1.68. The topological polar surface area (TPSA) is 100 Å². The molecule has 0 saturated carbocycles. The summed E-state index contributed by atoms with van der Waals surface area (Å²) in [6.45, 7) is 5.82. The van der Waals surface area contributed by atoms with Crippen molar-refractivity contribution in [3.8, 4) is 5.75 Å². The number of benzene rings is 3. The van der Waals surface area contributed by atoms with E-state index in [9.17, 15) is 18.7 Å². The Morgan fingerprint density at radius 1 is 1.03 bits per heavy atom. The molecular formula is C25H25NO6S. The van der Waals surface area contributed by atoms with Gasteiger partial charge in [-0.1, -0.05) is 30.3 Å². The minimum atomic E-state index is -2.56. The zero-order valence-electron chi connectivity index (χ0n) is 18.5. The lowest BCUT2D eigenvalue weighted by molar-refractivity contribution is -0.138. The minimum Gasteiger partial charge on any atom is -0.488 e. The average Bonchev–Trinajstić information content (AvgIpc) is 3.11. The first-order chi connectivity index (χ1) is 15.6. The Kier molecular flexibility index (Phi) is 6.14. The van der Waals surface area contributed by atoms with Crippen LogP contribution in [0.4, 0.5) is 5.69 Å². The predicted octanol–water partition coefficient (Wildman–Crippen LogP) is 5.40. The van der Waals surface area contributed by atoms with Crippen LogP contribution in [0.2, 0.25) is 0 Å². The second kappa shape index (κ2) is 8.88. The van der Waals surface area contributed by atoms with Gasteiger partial charge in [0.15, 0.2) is 0 Å². The molecule has 1 aromatic heterocycles. The third-order valence-electron chi connectivity index (χ3n) is 5.13. The molecule has 2 unspecified atom stereocenters. The summed E-state index contributed by atoms with van der Waals surface area (Å²) < 4.78 is 35.0. The number of carbonyl (C=O) groups is 1. The lowest BCUT2D eigenvalue weighted by Crippen LogP contribution is -2.44. The highest BCUT2D eigenvalue weighted by Gasteiger charge is 2.31. The van der Waals surface area contributed by atoms with Gasteiger partial charge in [-0.3, -0.25) is 8.86 Å². The maximum atomic E-state index is 12.3. The summed E-state index contributed by atoms with van der Waals surface area (Å²) in [5.74, 6) is -0.539. The van der Waals surface area contributed by atoms with Gasteiger partial charge >= 0.3 is 5.97 Å². The van der Waals surface area contributed by atoms with E-state index in [4.69, 9.17) is 9.15 Å². The van der Waals surface area contributed by atoms with Gasteiger partial charge in [-0.2, -0.15) is 0 Å². The van der Waals surface area contributed by atoms with E-state index in [1.54, 1.807) is 42.5 Å². The zero-order valence-corrected chi connectivity index (χ0v) is 19.3. The molecule has 0 fully saturated rings. The molecule has 0 spiro atoms. The average molecular weight is 468 g/mol. The number of furan rings is 1. The van der Waals surface area contributed by atoms with Gasteiger partial charge in [-0.15, -0.1) is 0 Å². The molecule has 33 heavy (non-hydrogen) atoms. The number of hydrogen-bond acceptors (Lipinski definition) is 4. The third kappa shape index (κ3) is 5.02. The first-order valence-corrected chi connectivity index (χ1v) is 11.5. The molecule has 0 saturated heterocycles. The lowest BCUT2D eigenvalue weighted by Gasteiger charge is -2.27. The Hall–Kier alpha value is -3.36. The number of hydrogen-bond donors (Lipinski definition) is 2. The Labute approximate surface area is 194 Å². The van der Waals surface area contributed by atoms with Gasteiger partial charge in [0.2, 0.25) is 0 Å². The maximum Gasteiger partial charge on any atom is 0.327 e. The zero-order chi connectivity index (χ0) is 23.8. The number of anilines is 1. The van der Waals surface area contributed by atoms with Crippen molar-refractivity contribution in [1.29, 1.82) is 0 Å². The van der Waals surface area contributed by atoms with Gasteiger partial charge < -0.3 is 14.3 Å². The fourth-order valence-electron chi connectivity index (χ4n) is 3.77. The van der Waals surface area contributed by atoms with Gasteiger partial charge in [0.25, 0.3) is 11.3 Å². The van der Waals surface area contributed by atoms with E-state index >= 15 is 0 Å². The van der Waals surface area contributed by atoms with Crippen LogP contribution < -0.4 is 9.04 Å². The highest BCUT2D eigenvalue weighted by atomic mass is 32.2. The number of fused-ring (bicyclic) bond motifs is 3. The summed E-state index contributed by atoms with van der Waals surface area (Å²) in [7, 11) is 0. The van der Waals surface area contributed by atoms with Crippen LogP contribution in [0, 0.1) is 0 Å². The molecule has 2 atom stereocenters. The SMILES string of the molecule is CC(C)(C)Oc1ccc(CC(C(=O)O)N(c2ccc3oc4ccccc4c3c2)S(=O)O)cc1. The number of rotatable bonds is 7. The second-order valence-electron chi connectivity index (χ2n) is 8.75. The van der Waals surface area contributed by atoms with Crippen molar-refractivity contribution in [2.45, 2.75) is 38.8 Å². The number of ether oxygens (including phenoxy) is 1. The molecule has 0 amide bonds. The summed E-state index contributed by atoms with van der Waals surface area (Å²) in [5, 5.41) is 11.5. The highest BCUT2D eigenvalue weighted by molar-refractivity contribution is 7.80. The largest absolute Gasteiger partial charge is 0.488 e. The van der Waals surface area contributed by atoms with E-state index in [2.05, 4.69) is 0 Å². The van der Waals surface area contributed by atoms with Crippen LogP contribution in [0.15, 0.2) is 71.1 Å². The lowest BCUT2D eigenvalue weighted by atomic mass is 10.0. The molecular weight excluding hydrogens is 442 g/mol. The third-order valence-corrected chi connectivity index (χ3v) is 5.93. The van der Waals surface area contributed by atoms with Crippen molar-refractivity contribution in [2.75, 3.05) is 4.31 Å². The molecule has 0 aliphatic rings. The monoisotopic (exact) mass is 467 g/mol. The van der Waals surface area contributed by atoms with Gasteiger partial charge in [0.1, 0.15) is 28.6 Å². The second-order valence-corrected chi connectivity index (χ2v) is 9.61. The highest BCUT2D eigenvalue weighted by Crippen LogP contribution is 2.33. The van der Waals surface area contributed by atoms with Crippen LogP contribution in [0.5, 0.6) is 5.75 Å². The van der Waals surface area contributed by atoms with Crippen molar-refractivity contribution in [3.63, 3.8) is 0 Å². The van der Waals surface area contributed by atoms with Crippen molar-refractivity contribution in [1.82, 2.24) is 0 Å². The van der Waals surface area contributed by atoms with Crippen LogP contribution >= 0.6 is 0 Å². The van der Waals surface area contributed by atoms with Crippen molar-refractivity contribution in [2.24, 2.45) is 0 Å². The summed E-state index contributed by atoms with van der Waals surface area (Å²) in [6, 6.07) is 18.2. The molecule has 2 N–H and O–H groups in total. The van der Waals surface area contributed by atoms with Crippen LogP contribution in [-0.4, -0.2) is 31.5 Å². The number of nitrogens with zero attached hydrogens (tertiary/aromatic N) is 1. The molecule has 8 heteroatoms. The van der Waals surface area contributed by atoms with Crippen LogP contribution in [0.3, 0.4) is 0 Å². The first-order valence-electron chi connectivity index (χ1n) is 10.4. The van der Waals surface area contributed by atoms with Crippen molar-refractivity contribution >= 4 is 44.9 Å².